The molecule has 1 heterocycles. The van der Waals surface area contributed by atoms with Gasteiger partial charge in [0.2, 0.25) is 5.91 Å². The van der Waals surface area contributed by atoms with Crippen molar-refractivity contribution in [2.24, 2.45) is 0 Å². The van der Waals surface area contributed by atoms with Crippen molar-refractivity contribution < 1.29 is 19.3 Å². The predicted octanol–water partition coefficient (Wildman–Crippen LogP) is 3.46. The molecule has 33 heavy (non-hydrogen) atoms. The number of carbonyl (C=O) groups excluding carboxylic acids is 3. The first kappa shape index (κ1) is 21.9. The van der Waals surface area contributed by atoms with Crippen molar-refractivity contribution in [1.29, 1.82) is 0 Å². The Morgan fingerprint density at radius 1 is 0.848 bits per heavy atom. The number of amides is 3. The molecule has 3 aromatic carbocycles. The van der Waals surface area contributed by atoms with Crippen molar-refractivity contribution in [2.45, 2.75) is 13.0 Å². The Kier molecular flexibility index (Phi) is 6.26. The van der Waals surface area contributed by atoms with Gasteiger partial charge in [0.1, 0.15) is 6.54 Å². The SMILES string of the molecule is O=C(CN1C(=O)c2ccc([N+](=O)[O-])cc2C1=O)N(CCc1ccccc1)Cc1ccccc1. The van der Waals surface area contributed by atoms with Gasteiger partial charge in [0.25, 0.3) is 17.5 Å². The lowest BCUT2D eigenvalue weighted by Crippen LogP contribution is -2.43. The molecule has 0 unspecified atom stereocenters. The number of carbonyl (C=O) groups is 3. The van der Waals surface area contributed by atoms with Crippen LogP contribution in [0.5, 0.6) is 0 Å². The molecular formula is C25H21N3O5. The van der Waals surface area contributed by atoms with Gasteiger partial charge in [-0.1, -0.05) is 60.7 Å². The highest BCUT2D eigenvalue weighted by Crippen LogP contribution is 2.27. The maximum atomic E-state index is 13.2. The maximum absolute atomic E-state index is 13.2. The molecule has 8 heteroatoms. The lowest BCUT2D eigenvalue weighted by molar-refractivity contribution is -0.384. The Balaban J connectivity index is 1.52. The minimum absolute atomic E-state index is 0.0547. The van der Waals surface area contributed by atoms with E-state index in [4.69, 9.17) is 0 Å². The third-order valence-corrected chi connectivity index (χ3v) is 5.54. The fraction of sp³-hybridized carbons (Fsp3) is 0.160. The number of imide groups is 1. The van der Waals surface area contributed by atoms with E-state index < -0.39 is 23.3 Å². The molecule has 0 bridgehead atoms. The number of non-ortho nitro benzene ring substituents is 1. The Morgan fingerprint density at radius 3 is 2.09 bits per heavy atom. The molecule has 0 aliphatic carbocycles. The summed E-state index contributed by atoms with van der Waals surface area (Å²) in [6, 6.07) is 22.7. The van der Waals surface area contributed by atoms with Crippen LogP contribution in [0, 0.1) is 10.1 Å². The van der Waals surface area contributed by atoms with E-state index in [0.29, 0.717) is 19.5 Å². The van der Waals surface area contributed by atoms with E-state index in [1.807, 2.05) is 60.7 Å². The number of nitrogens with zero attached hydrogens (tertiary/aromatic N) is 3. The summed E-state index contributed by atoms with van der Waals surface area (Å²) in [5.74, 6) is -1.70. The summed E-state index contributed by atoms with van der Waals surface area (Å²) in [4.78, 5) is 51.6. The molecule has 0 radical (unpaired) electrons. The van der Waals surface area contributed by atoms with Crippen LogP contribution >= 0.6 is 0 Å². The van der Waals surface area contributed by atoms with Gasteiger partial charge in [-0.05, 0) is 23.6 Å². The van der Waals surface area contributed by atoms with Crippen LogP contribution < -0.4 is 0 Å². The molecule has 0 saturated carbocycles. The fourth-order valence-corrected chi connectivity index (χ4v) is 3.78. The van der Waals surface area contributed by atoms with Gasteiger partial charge in [-0.3, -0.25) is 29.4 Å². The molecule has 3 amide bonds. The molecule has 1 aliphatic rings. The van der Waals surface area contributed by atoms with Gasteiger partial charge in [0, 0.05) is 25.2 Å². The largest absolute Gasteiger partial charge is 0.336 e. The molecule has 0 aromatic heterocycles. The maximum Gasteiger partial charge on any atom is 0.270 e. The molecule has 3 aromatic rings. The number of nitro benzene ring substituents is 1. The quantitative estimate of drug-likeness (QED) is 0.301. The topological polar surface area (TPSA) is 101 Å². The predicted molar refractivity (Wildman–Crippen MR) is 120 cm³/mol. The van der Waals surface area contributed by atoms with E-state index in [9.17, 15) is 24.5 Å². The lowest BCUT2D eigenvalue weighted by atomic mass is 10.1. The Morgan fingerprint density at radius 2 is 1.45 bits per heavy atom. The van der Waals surface area contributed by atoms with Crippen LogP contribution in [0.15, 0.2) is 78.9 Å². The molecule has 166 valence electrons. The summed E-state index contributed by atoms with van der Waals surface area (Å²) in [7, 11) is 0. The second kappa shape index (κ2) is 9.44. The third-order valence-electron chi connectivity index (χ3n) is 5.54. The first-order valence-corrected chi connectivity index (χ1v) is 10.4. The highest BCUT2D eigenvalue weighted by Gasteiger charge is 2.38. The minimum Gasteiger partial charge on any atom is -0.336 e. The average molecular weight is 443 g/mol. The van der Waals surface area contributed by atoms with Crippen LogP contribution in [-0.2, 0) is 17.8 Å². The Hall–Kier alpha value is -4.33. The van der Waals surface area contributed by atoms with Gasteiger partial charge >= 0.3 is 0 Å². The molecule has 0 fully saturated rings. The van der Waals surface area contributed by atoms with Crippen LogP contribution in [0.4, 0.5) is 5.69 Å². The summed E-state index contributed by atoms with van der Waals surface area (Å²) in [6.45, 7) is 0.315. The van der Waals surface area contributed by atoms with E-state index in [-0.39, 0.29) is 22.7 Å². The summed E-state index contributed by atoms with van der Waals surface area (Å²) >= 11 is 0. The number of fused-ring (bicyclic) bond motifs is 1. The van der Waals surface area contributed by atoms with E-state index >= 15 is 0 Å². The molecule has 0 atom stereocenters. The number of nitro groups is 1. The van der Waals surface area contributed by atoms with Crippen LogP contribution in [0.2, 0.25) is 0 Å². The molecule has 4 rings (SSSR count). The molecular weight excluding hydrogens is 422 g/mol. The zero-order valence-electron chi connectivity index (χ0n) is 17.7. The molecule has 8 nitrogen and oxygen atoms in total. The lowest BCUT2D eigenvalue weighted by Gasteiger charge is -2.25. The monoisotopic (exact) mass is 443 g/mol. The van der Waals surface area contributed by atoms with Crippen LogP contribution in [-0.4, -0.2) is 45.5 Å². The first-order chi connectivity index (χ1) is 15.9. The van der Waals surface area contributed by atoms with Crippen LogP contribution in [0.3, 0.4) is 0 Å². The van der Waals surface area contributed by atoms with E-state index in [1.165, 1.54) is 12.1 Å². The zero-order chi connectivity index (χ0) is 23.4. The van der Waals surface area contributed by atoms with Crippen molar-refractivity contribution in [2.75, 3.05) is 13.1 Å². The van der Waals surface area contributed by atoms with E-state index in [0.717, 1.165) is 22.1 Å². The number of benzene rings is 3. The minimum atomic E-state index is -0.699. The normalized spacial score (nSPS) is 12.5. The highest BCUT2D eigenvalue weighted by atomic mass is 16.6. The highest BCUT2D eigenvalue weighted by molar-refractivity contribution is 6.22. The van der Waals surface area contributed by atoms with Crippen molar-refractivity contribution >= 4 is 23.4 Å². The summed E-state index contributed by atoms with van der Waals surface area (Å²) in [5, 5.41) is 11.0. The second-order valence-corrected chi connectivity index (χ2v) is 7.72. The number of rotatable bonds is 8. The summed E-state index contributed by atoms with van der Waals surface area (Å²) in [6.07, 6.45) is 0.619. The van der Waals surface area contributed by atoms with Gasteiger partial charge in [-0.2, -0.15) is 0 Å². The summed E-state index contributed by atoms with van der Waals surface area (Å²) < 4.78 is 0. The van der Waals surface area contributed by atoms with Gasteiger partial charge in [0.05, 0.1) is 16.1 Å². The van der Waals surface area contributed by atoms with Gasteiger partial charge < -0.3 is 4.90 Å². The van der Waals surface area contributed by atoms with Crippen molar-refractivity contribution in [3.8, 4) is 0 Å². The number of hydrogen-bond acceptors (Lipinski definition) is 5. The molecule has 0 saturated heterocycles. The van der Waals surface area contributed by atoms with E-state index in [2.05, 4.69) is 0 Å². The van der Waals surface area contributed by atoms with Gasteiger partial charge in [-0.25, -0.2) is 0 Å². The third kappa shape index (κ3) is 4.79. The first-order valence-electron chi connectivity index (χ1n) is 10.4. The van der Waals surface area contributed by atoms with Crippen molar-refractivity contribution in [1.82, 2.24) is 9.80 Å². The van der Waals surface area contributed by atoms with Gasteiger partial charge in [0.15, 0.2) is 0 Å². The fourth-order valence-electron chi connectivity index (χ4n) is 3.78. The second-order valence-electron chi connectivity index (χ2n) is 7.72. The standard InChI is InChI=1S/C25H21N3O5/c29-23(17-27-24(30)21-12-11-20(28(32)33)15-22(21)25(27)31)26(16-19-9-5-2-6-10-19)14-13-18-7-3-1-4-8-18/h1-12,15H,13-14,16-17H2. The summed E-state index contributed by atoms with van der Waals surface area (Å²) in [5.41, 5.74) is 1.73. The van der Waals surface area contributed by atoms with Crippen molar-refractivity contribution in [3.63, 3.8) is 0 Å². The zero-order valence-corrected chi connectivity index (χ0v) is 17.7. The Bertz CT molecular complexity index is 1210. The van der Waals surface area contributed by atoms with Crippen LogP contribution in [0.1, 0.15) is 31.8 Å². The molecule has 0 N–H and O–H groups in total. The van der Waals surface area contributed by atoms with Crippen LogP contribution in [0.25, 0.3) is 0 Å². The Labute approximate surface area is 190 Å². The van der Waals surface area contributed by atoms with Crippen molar-refractivity contribution in [3.05, 3.63) is 111 Å². The average Bonchev–Trinajstić information content (AvgIpc) is 3.07. The smallest absolute Gasteiger partial charge is 0.270 e. The van der Waals surface area contributed by atoms with E-state index in [1.54, 1.807) is 4.90 Å². The molecule has 1 aliphatic heterocycles. The number of hydrogen-bond donors (Lipinski definition) is 0. The van der Waals surface area contributed by atoms with Gasteiger partial charge in [-0.15, -0.1) is 0 Å². The molecule has 0 spiro atoms.